The molecule has 0 saturated heterocycles. The Bertz CT molecular complexity index is 489. The molecule has 0 radical (unpaired) electrons. The molecule has 0 spiro atoms. The number of aliphatic carboxylic acids is 1. The van der Waals surface area contributed by atoms with E-state index in [1.54, 1.807) is 6.07 Å². The predicted octanol–water partition coefficient (Wildman–Crippen LogP) is 0.821. The average Bonchev–Trinajstić information content (AvgIpc) is 2.35. The van der Waals surface area contributed by atoms with Gasteiger partial charge < -0.3 is 10.4 Å². The summed E-state index contributed by atoms with van der Waals surface area (Å²) < 4.78 is 0. The number of rotatable bonds is 6. The number of benzene rings is 1. The fraction of sp³-hybridized carbons (Fsp3) is 0.300. The first-order valence-electron chi connectivity index (χ1n) is 5.17. The van der Waals surface area contributed by atoms with E-state index in [0.717, 1.165) is 6.92 Å². The molecule has 1 rings (SSSR count). The van der Waals surface area contributed by atoms with Crippen LogP contribution in [0.4, 0.5) is 5.69 Å². The van der Waals surface area contributed by atoms with Crippen LogP contribution in [0.2, 0.25) is 0 Å². The average molecular weight is 269 g/mol. The predicted molar refractivity (Wildman–Crippen MR) is 63.9 cm³/mol. The van der Waals surface area contributed by atoms with Crippen molar-refractivity contribution in [1.82, 2.24) is 0 Å². The molecule has 2 N–H and O–H groups in total. The lowest BCUT2D eigenvalue weighted by Gasteiger charge is -2.23. The molecule has 9 heteroatoms. The number of hydrogen-bond acceptors (Lipinski definition) is 6. The van der Waals surface area contributed by atoms with Crippen molar-refractivity contribution in [3.05, 3.63) is 50.6 Å². The molecule has 0 fully saturated rings. The summed E-state index contributed by atoms with van der Waals surface area (Å²) >= 11 is 0. The highest BCUT2D eigenvalue weighted by Gasteiger charge is 2.63. The summed E-state index contributed by atoms with van der Waals surface area (Å²) in [6.45, 7) is 0.868. The number of nitrogens with zero attached hydrogens (tertiary/aromatic N) is 2. The maximum absolute atomic E-state index is 11.2. The zero-order chi connectivity index (χ0) is 14.6. The van der Waals surface area contributed by atoms with E-state index in [9.17, 15) is 25.0 Å². The third-order valence-electron chi connectivity index (χ3n) is 2.64. The van der Waals surface area contributed by atoms with Crippen LogP contribution in [0.1, 0.15) is 6.92 Å². The molecule has 19 heavy (non-hydrogen) atoms. The normalized spacial score (nSPS) is 15.0. The van der Waals surface area contributed by atoms with Gasteiger partial charge in [0.2, 0.25) is 0 Å². The molecule has 0 aliphatic rings. The SMILES string of the molecule is CC([N+](=O)[O-])C(Nc1ccccc1)(C(=O)O)[N+](=O)[O-]. The van der Waals surface area contributed by atoms with Gasteiger partial charge in [0.15, 0.2) is 0 Å². The Hall–Kier alpha value is -2.71. The quantitative estimate of drug-likeness (QED) is 0.443. The smallest absolute Gasteiger partial charge is 0.455 e. The molecule has 0 aliphatic heterocycles. The molecule has 9 nitrogen and oxygen atoms in total. The first kappa shape index (κ1) is 14.4. The van der Waals surface area contributed by atoms with Crippen molar-refractivity contribution >= 4 is 11.7 Å². The highest BCUT2D eigenvalue weighted by atomic mass is 16.7. The first-order chi connectivity index (χ1) is 8.82. The Morgan fingerprint density at radius 2 is 1.84 bits per heavy atom. The van der Waals surface area contributed by atoms with Crippen molar-refractivity contribution in [2.24, 2.45) is 0 Å². The minimum Gasteiger partial charge on any atom is -0.474 e. The van der Waals surface area contributed by atoms with Gasteiger partial charge in [0.1, 0.15) is 0 Å². The summed E-state index contributed by atoms with van der Waals surface area (Å²) in [5.74, 6) is -1.93. The molecule has 0 bridgehead atoms. The van der Waals surface area contributed by atoms with Crippen molar-refractivity contribution in [3.63, 3.8) is 0 Å². The molecule has 0 aliphatic carbocycles. The summed E-state index contributed by atoms with van der Waals surface area (Å²) in [5.41, 5.74) is -2.82. The zero-order valence-corrected chi connectivity index (χ0v) is 9.85. The Kier molecular flexibility index (Phi) is 4.00. The van der Waals surface area contributed by atoms with E-state index in [0.29, 0.717) is 0 Å². The van der Waals surface area contributed by atoms with Crippen molar-refractivity contribution in [1.29, 1.82) is 0 Å². The van der Waals surface area contributed by atoms with Gasteiger partial charge in [-0.2, -0.15) is 0 Å². The maximum atomic E-state index is 11.2. The van der Waals surface area contributed by atoms with Crippen LogP contribution in [0, 0.1) is 20.2 Å². The number of carboxylic acids is 1. The third-order valence-corrected chi connectivity index (χ3v) is 2.64. The lowest BCUT2D eigenvalue weighted by molar-refractivity contribution is -0.632. The van der Waals surface area contributed by atoms with Crippen molar-refractivity contribution < 1.29 is 19.7 Å². The number of hydrogen-bond donors (Lipinski definition) is 2. The second-order valence-corrected chi connectivity index (χ2v) is 3.78. The minimum atomic E-state index is -2.93. The van der Waals surface area contributed by atoms with E-state index in [1.807, 2.05) is 0 Å². The summed E-state index contributed by atoms with van der Waals surface area (Å²) in [4.78, 5) is 30.8. The molecule has 102 valence electrons. The van der Waals surface area contributed by atoms with E-state index in [1.165, 1.54) is 24.3 Å². The van der Waals surface area contributed by atoms with Crippen LogP contribution in [-0.2, 0) is 4.79 Å². The van der Waals surface area contributed by atoms with E-state index in [2.05, 4.69) is 5.32 Å². The van der Waals surface area contributed by atoms with Gasteiger partial charge in [-0.15, -0.1) is 0 Å². The van der Waals surface area contributed by atoms with Gasteiger partial charge in [-0.1, -0.05) is 18.2 Å². The van der Waals surface area contributed by atoms with E-state index < -0.39 is 27.5 Å². The van der Waals surface area contributed by atoms with E-state index >= 15 is 0 Å². The number of carboxylic acid groups (broad SMARTS) is 1. The van der Waals surface area contributed by atoms with Gasteiger partial charge in [0, 0.05) is 17.5 Å². The lowest BCUT2D eigenvalue weighted by Crippen LogP contribution is -2.62. The molecular formula is C10H11N3O6. The molecule has 1 aromatic rings. The molecule has 0 aromatic heterocycles. The van der Waals surface area contributed by atoms with Gasteiger partial charge in [-0.25, -0.2) is 4.79 Å². The number of nitrogens with one attached hydrogen (secondary N) is 1. The van der Waals surface area contributed by atoms with Gasteiger partial charge in [-0.3, -0.25) is 20.2 Å². The van der Waals surface area contributed by atoms with Crippen LogP contribution in [-0.4, -0.2) is 32.6 Å². The topological polar surface area (TPSA) is 136 Å². The monoisotopic (exact) mass is 269 g/mol. The van der Waals surface area contributed by atoms with Gasteiger partial charge in [0.25, 0.3) is 0 Å². The molecule has 0 heterocycles. The van der Waals surface area contributed by atoms with E-state index in [4.69, 9.17) is 5.11 Å². The number of nitro groups is 2. The van der Waals surface area contributed by atoms with Gasteiger partial charge >= 0.3 is 17.7 Å². The van der Waals surface area contributed by atoms with Crippen molar-refractivity contribution in [2.45, 2.75) is 18.6 Å². The summed E-state index contributed by atoms with van der Waals surface area (Å²) in [7, 11) is 0. The Morgan fingerprint density at radius 1 is 1.32 bits per heavy atom. The van der Waals surface area contributed by atoms with Crippen LogP contribution >= 0.6 is 0 Å². The highest BCUT2D eigenvalue weighted by Crippen LogP contribution is 2.22. The molecular weight excluding hydrogens is 258 g/mol. The second-order valence-electron chi connectivity index (χ2n) is 3.78. The third kappa shape index (κ3) is 2.59. The maximum Gasteiger partial charge on any atom is 0.455 e. The van der Waals surface area contributed by atoms with E-state index in [-0.39, 0.29) is 5.69 Å². The van der Waals surface area contributed by atoms with Crippen LogP contribution in [0.25, 0.3) is 0 Å². The standard InChI is InChI=1S/C10H11N3O6/c1-7(12(16)17)10(9(14)15,13(18)19)11-8-5-3-2-4-6-8/h2-7,11H,1H3,(H,14,15). The van der Waals surface area contributed by atoms with Crippen LogP contribution in [0.15, 0.2) is 30.3 Å². The second kappa shape index (κ2) is 5.29. The summed E-state index contributed by atoms with van der Waals surface area (Å²) in [6.07, 6.45) is 0. The summed E-state index contributed by atoms with van der Waals surface area (Å²) in [5, 5.41) is 33.0. The molecule has 2 unspecified atom stereocenters. The number of para-hydroxylation sites is 1. The molecule has 1 aromatic carbocycles. The fourth-order valence-corrected chi connectivity index (χ4v) is 1.51. The van der Waals surface area contributed by atoms with Gasteiger partial charge in [0.05, 0.1) is 4.92 Å². The van der Waals surface area contributed by atoms with Crippen LogP contribution in [0.5, 0.6) is 0 Å². The lowest BCUT2D eigenvalue weighted by atomic mass is 10.0. The Labute approximate surface area is 107 Å². The first-order valence-corrected chi connectivity index (χ1v) is 5.17. The minimum absolute atomic E-state index is 0.107. The van der Waals surface area contributed by atoms with Crippen molar-refractivity contribution in [3.8, 4) is 0 Å². The number of anilines is 1. The molecule has 0 amide bonds. The largest absolute Gasteiger partial charge is 0.474 e. The Morgan fingerprint density at radius 3 is 2.21 bits per heavy atom. The Balaban J connectivity index is 3.29. The number of carbonyl (C=O) groups is 1. The van der Waals surface area contributed by atoms with Crippen molar-refractivity contribution in [2.75, 3.05) is 5.32 Å². The highest BCUT2D eigenvalue weighted by molar-refractivity contribution is 5.81. The molecule has 2 atom stereocenters. The van der Waals surface area contributed by atoms with Crippen LogP contribution < -0.4 is 5.32 Å². The van der Waals surface area contributed by atoms with Gasteiger partial charge in [-0.05, 0) is 12.1 Å². The molecule has 0 saturated carbocycles. The zero-order valence-electron chi connectivity index (χ0n) is 9.85. The fourth-order valence-electron chi connectivity index (χ4n) is 1.51. The van der Waals surface area contributed by atoms with Crippen LogP contribution in [0.3, 0.4) is 0 Å². The summed E-state index contributed by atoms with van der Waals surface area (Å²) in [6, 6.07) is 5.47.